The second kappa shape index (κ2) is 21.8. The van der Waals surface area contributed by atoms with Crippen LogP contribution in [0.3, 0.4) is 0 Å². The van der Waals surface area contributed by atoms with E-state index in [0.29, 0.717) is 11.5 Å². The fraction of sp³-hybridized carbons (Fsp3) is 0.261. The van der Waals surface area contributed by atoms with Crippen LogP contribution in [-0.4, -0.2) is 20.2 Å². The van der Waals surface area contributed by atoms with Crippen molar-refractivity contribution in [2.45, 2.75) is 118 Å². The van der Waals surface area contributed by atoms with Crippen LogP contribution in [-0.2, 0) is 47.9 Å². The van der Waals surface area contributed by atoms with Gasteiger partial charge in [-0.2, -0.15) is 6.42 Å². The van der Waals surface area contributed by atoms with E-state index in [-0.39, 0.29) is 66.8 Å². The van der Waals surface area contributed by atoms with Crippen molar-refractivity contribution in [3.05, 3.63) is 189 Å². The molecule has 4 N–H and O–H groups in total. The quantitative estimate of drug-likeness (QED) is 0.114. The number of fused-ring (bicyclic) bond motifs is 6. The molecule has 0 unspecified atom stereocenters. The maximum atomic E-state index is 12.0. The van der Waals surface area contributed by atoms with Gasteiger partial charge < -0.3 is 44.0 Å². The zero-order valence-electron chi connectivity index (χ0n) is 47.1. The van der Waals surface area contributed by atoms with Gasteiger partial charge >= 0.3 is 26.2 Å². The van der Waals surface area contributed by atoms with Gasteiger partial charge in [-0.15, -0.1) is 0 Å². The van der Waals surface area contributed by atoms with Crippen molar-refractivity contribution in [3.8, 4) is 67.5 Å². The number of rotatable bonds is 8. The molecule has 0 bridgehead atoms. The van der Waals surface area contributed by atoms with E-state index in [4.69, 9.17) is 9.47 Å². The fourth-order valence-electron chi connectivity index (χ4n) is 9.77. The minimum Gasteiger partial charge on any atom is -0.623 e. The summed E-state index contributed by atoms with van der Waals surface area (Å²) in [6, 6.07) is 49.6. The van der Waals surface area contributed by atoms with Crippen LogP contribution in [0.1, 0.15) is 119 Å². The van der Waals surface area contributed by atoms with Crippen molar-refractivity contribution in [2.75, 3.05) is 0 Å². The Balaban J connectivity index is 0.00000164. The molecular formula is C69H75N2O4Zr. The molecule has 0 aliphatic rings. The van der Waals surface area contributed by atoms with E-state index in [1.807, 2.05) is 91.9 Å². The van der Waals surface area contributed by atoms with Gasteiger partial charge in [0.25, 0.3) is 0 Å². The van der Waals surface area contributed by atoms with E-state index in [0.717, 1.165) is 83.8 Å². The Morgan fingerprint density at radius 3 is 1.07 bits per heavy atom. The van der Waals surface area contributed by atoms with Crippen molar-refractivity contribution in [1.29, 1.82) is 0 Å². The average molecular weight is 1090 g/mol. The second-order valence-electron chi connectivity index (χ2n) is 23.9. The van der Waals surface area contributed by atoms with Crippen LogP contribution in [0.25, 0.3) is 88.1 Å². The number of aromatic nitrogens is 2. The Morgan fingerprint density at radius 1 is 0.421 bits per heavy atom. The Labute approximate surface area is 471 Å². The van der Waals surface area contributed by atoms with Gasteiger partial charge in [0.1, 0.15) is 11.5 Å². The molecule has 7 heteroatoms. The van der Waals surface area contributed by atoms with Crippen molar-refractivity contribution in [1.82, 2.24) is 9.97 Å². The monoisotopic (exact) mass is 1090 g/mol. The summed E-state index contributed by atoms with van der Waals surface area (Å²) in [6.07, 6.45) is 1.00. The van der Waals surface area contributed by atoms with E-state index in [9.17, 15) is 10.2 Å². The Morgan fingerprint density at radius 2 is 0.737 bits per heavy atom. The predicted molar refractivity (Wildman–Crippen MR) is 319 cm³/mol. The molecule has 0 atom stereocenters. The Kier molecular flexibility index (Phi) is 16.4. The van der Waals surface area contributed by atoms with Crippen LogP contribution < -0.4 is 9.47 Å². The first-order valence-corrected chi connectivity index (χ1v) is 26.0. The molecule has 0 spiro atoms. The third-order valence-corrected chi connectivity index (χ3v) is 14.2. The summed E-state index contributed by atoms with van der Waals surface area (Å²) in [6.45, 7) is 33.7. The maximum absolute atomic E-state index is 12.0. The van der Waals surface area contributed by atoms with Gasteiger partial charge in [0.05, 0.1) is 22.5 Å². The number of benzene rings is 8. The molecule has 0 fully saturated rings. The molecule has 6 nitrogen and oxygen atoms in total. The van der Waals surface area contributed by atoms with Crippen LogP contribution in [0.2, 0.25) is 0 Å². The van der Waals surface area contributed by atoms with Crippen molar-refractivity contribution in [2.24, 2.45) is 0 Å². The third-order valence-electron chi connectivity index (χ3n) is 14.2. The molecule has 2 aromatic heterocycles. The number of ether oxygens (including phenoxy) is 2. The summed E-state index contributed by atoms with van der Waals surface area (Å²) in [7, 11) is 0. The number of aromatic hydroxyl groups is 2. The van der Waals surface area contributed by atoms with Crippen molar-refractivity contribution < 1.29 is 45.9 Å². The fourth-order valence-corrected chi connectivity index (χ4v) is 9.77. The van der Waals surface area contributed by atoms with E-state index in [2.05, 4.69) is 161 Å². The largest absolute Gasteiger partial charge is 3.00 e. The number of para-hydroxylation sites is 2. The summed E-state index contributed by atoms with van der Waals surface area (Å²) in [5, 5.41) is 28.7. The van der Waals surface area contributed by atoms with Gasteiger partial charge in [0, 0.05) is 72.8 Å². The molecule has 2 heterocycles. The van der Waals surface area contributed by atoms with Gasteiger partial charge in [-0.25, -0.2) is 0 Å². The molecule has 0 aliphatic carbocycles. The molecule has 10 rings (SSSR count). The van der Waals surface area contributed by atoms with Gasteiger partial charge in [-0.1, -0.05) is 163 Å². The topological polar surface area (TPSA) is 90.5 Å². The molecule has 0 amide bonds. The van der Waals surface area contributed by atoms with Crippen LogP contribution in [0.15, 0.2) is 146 Å². The first kappa shape index (κ1) is 57.2. The smallest absolute Gasteiger partial charge is 0.623 e. The first-order valence-electron chi connectivity index (χ1n) is 26.0. The standard InChI is InChI=1S/C65H65N2O4.C3H7.CH3.Zr/c1-62(2,3)40-23-29-56-50(31-40)54-35-42(64(7,8)9)33-52(58(54)66-56)48-17-13-15-46(60(48)68)38-19-25-44(26-20-38)70-37-71-45-27-21-39(22-28-45)47-16-14-18-49(61(47)69)53-34-43(65(10,11)12)36-55-51-32-41(63(4,5)6)24-30-57(51)67-59(53)55;1-3-2;;/h13-37,66-69H,1-12H3;1,3H2,2H3;1H3;/q3*-1;+3. The van der Waals surface area contributed by atoms with E-state index in [1.54, 1.807) is 0 Å². The number of nitrogens with one attached hydrogen (secondary N) is 2. The maximum Gasteiger partial charge on any atom is 3.00 e. The predicted octanol–water partition coefficient (Wildman–Crippen LogP) is 19.5. The number of phenols is 2. The molecule has 0 saturated heterocycles. The molecule has 0 saturated carbocycles. The Hall–Kier alpha value is -6.56. The summed E-state index contributed by atoms with van der Waals surface area (Å²) in [5.74, 6) is 1.61. The number of hydrogen-bond donors (Lipinski definition) is 4. The Bertz CT molecular complexity index is 3440. The van der Waals surface area contributed by atoms with Crippen molar-refractivity contribution in [3.63, 3.8) is 0 Å². The van der Waals surface area contributed by atoms with E-state index < -0.39 is 0 Å². The molecule has 8 aromatic carbocycles. The molecule has 76 heavy (non-hydrogen) atoms. The zero-order valence-corrected chi connectivity index (χ0v) is 49.5. The van der Waals surface area contributed by atoms with Crippen LogP contribution >= 0.6 is 0 Å². The normalized spacial score (nSPS) is 12.1. The van der Waals surface area contributed by atoms with Gasteiger partial charge in [-0.05, 0) is 128 Å². The average Bonchev–Trinajstić information content (AvgIpc) is 3.91. The number of H-pyrrole nitrogens is 2. The zero-order chi connectivity index (χ0) is 53.1. The SMILES string of the molecule is CC(C)(C)c1ccc2[nH]c3c(-c4cccc(-c5ccc(O[CH-]Oc6ccc(-c7cccc(-c8cc(C(C)(C)C)cc9c8[nH]c8ccc(C(C)(C)C)cc89)c7O)cc6)cc5)c4O)cc(C(C)(C)C)cc3c2c1.[CH2-]CC.[CH3-].[Zr+3]. The minimum absolute atomic E-state index is 0. The van der Waals surface area contributed by atoms with Gasteiger partial charge in [0.15, 0.2) is 0 Å². The van der Waals surface area contributed by atoms with E-state index in [1.165, 1.54) is 39.8 Å². The molecule has 389 valence electrons. The summed E-state index contributed by atoms with van der Waals surface area (Å²) < 4.78 is 11.9. The minimum atomic E-state index is -0.108. The summed E-state index contributed by atoms with van der Waals surface area (Å²) in [4.78, 5) is 7.42. The number of phenolic OH excluding ortho intramolecular Hbond substituents is 2. The third kappa shape index (κ3) is 11.4. The second-order valence-corrected chi connectivity index (χ2v) is 23.9. The van der Waals surface area contributed by atoms with Crippen LogP contribution in [0.5, 0.6) is 23.0 Å². The van der Waals surface area contributed by atoms with E-state index >= 15 is 0 Å². The number of aromatic amines is 2. The van der Waals surface area contributed by atoms with Crippen LogP contribution in [0, 0.1) is 21.1 Å². The first-order chi connectivity index (χ1) is 34.9. The van der Waals surface area contributed by atoms with Crippen LogP contribution in [0.4, 0.5) is 0 Å². The van der Waals surface area contributed by atoms with Gasteiger partial charge in [0.2, 0.25) is 0 Å². The summed E-state index contributed by atoms with van der Waals surface area (Å²) in [5.41, 5.74) is 15.6. The van der Waals surface area contributed by atoms with Crippen molar-refractivity contribution >= 4 is 43.6 Å². The number of hydrogen-bond acceptors (Lipinski definition) is 4. The molecular weight excluding hydrogens is 1010 g/mol. The van der Waals surface area contributed by atoms with Gasteiger partial charge in [-0.3, -0.25) is 0 Å². The molecule has 0 aliphatic heterocycles. The molecule has 10 aromatic rings. The molecule has 1 radical (unpaired) electrons. The summed E-state index contributed by atoms with van der Waals surface area (Å²) >= 11 is 0.